The largest absolute Gasteiger partial charge is 0.368 e. The van der Waals surface area contributed by atoms with E-state index in [2.05, 4.69) is 53.7 Å². The van der Waals surface area contributed by atoms with Gasteiger partial charge in [-0.25, -0.2) is 0 Å². The van der Waals surface area contributed by atoms with Gasteiger partial charge in [-0.15, -0.1) is 0 Å². The molecule has 0 amide bonds. The summed E-state index contributed by atoms with van der Waals surface area (Å²) in [7, 11) is 0. The second-order valence-corrected chi connectivity index (χ2v) is 7.90. The topological polar surface area (TPSA) is 29.5 Å². The first-order valence-electron chi connectivity index (χ1n) is 8.85. The molecule has 0 fully saturated rings. The summed E-state index contributed by atoms with van der Waals surface area (Å²) in [5, 5.41) is 10.3. The Kier molecular flexibility index (Phi) is 7.85. The second kappa shape index (κ2) is 8.88. The molecule has 128 valence electrons. The van der Waals surface area contributed by atoms with Gasteiger partial charge in [-0.05, 0) is 78.6 Å². The molecule has 0 heterocycles. The van der Waals surface area contributed by atoms with Gasteiger partial charge in [-0.2, -0.15) is 0 Å². The molecule has 1 aliphatic rings. The van der Waals surface area contributed by atoms with Crippen LogP contribution in [0.4, 0.5) is 0 Å². The van der Waals surface area contributed by atoms with E-state index in [0.717, 1.165) is 38.5 Å². The van der Waals surface area contributed by atoms with E-state index in [1.165, 1.54) is 11.1 Å². The standard InChI is InChI=1S/C20H36O2/c1-15(2)8-7-9-17(4)14-19(21)22-20(5,6)18-12-10-16(3)11-13-18/h8,10,17-19,21H,7,9,11-14H2,1-6H3/t17?,18-,19+/m1/s1. The maximum absolute atomic E-state index is 10.3. The molecule has 2 nitrogen and oxygen atoms in total. The van der Waals surface area contributed by atoms with Crippen molar-refractivity contribution in [3.8, 4) is 0 Å². The van der Waals surface area contributed by atoms with E-state index in [1.807, 2.05) is 0 Å². The van der Waals surface area contributed by atoms with Crippen LogP contribution in [-0.2, 0) is 4.74 Å². The van der Waals surface area contributed by atoms with Gasteiger partial charge in [0, 0.05) is 6.42 Å². The molecule has 1 rings (SSSR count). The molecule has 2 heteroatoms. The highest BCUT2D eigenvalue weighted by molar-refractivity contribution is 5.05. The third-order valence-electron chi connectivity index (χ3n) is 4.88. The minimum atomic E-state index is -0.649. The maximum Gasteiger partial charge on any atom is 0.155 e. The fourth-order valence-corrected chi connectivity index (χ4v) is 3.21. The highest BCUT2D eigenvalue weighted by Gasteiger charge is 2.33. The van der Waals surface area contributed by atoms with Crippen LogP contribution < -0.4 is 0 Å². The van der Waals surface area contributed by atoms with E-state index in [1.54, 1.807) is 0 Å². The molecular formula is C20H36O2. The predicted octanol–water partition coefficient (Wildman–Crippen LogP) is 5.62. The first-order valence-corrected chi connectivity index (χ1v) is 8.85. The lowest BCUT2D eigenvalue weighted by Gasteiger charge is -2.38. The van der Waals surface area contributed by atoms with E-state index < -0.39 is 6.29 Å². The number of hydrogen-bond acceptors (Lipinski definition) is 2. The van der Waals surface area contributed by atoms with Crippen LogP contribution in [0.5, 0.6) is 0 Å². The van der Waals surface area contributed by atoms with Crippen molar-refractivity contribution >= 4 is 0 Å². The van der Waals surface area contributed by atoms with Gasteiger partial charge in [0.15, 0.2) is 6.29 Å². The third kappa shape index (κ3) is 7.11. The molecule has 0 spiro atoms. The number of ether oxygens (including phenoxy) is 1. The van der Waals surface area contributed by atoms with Crippen LogP contribution in [0.1, 0.15) is 80.1 Å². The van der Waals surface area contributed by atoms with Gasteiger partial charge in [0.25, 0.3) is 0 Å². The Morgan fingerprint density at radius 3 is 2.68 bits per heavy atom. The molecule has 22 heavy (non-hydrogen) atoms. The Labute approximate surface area is 137 Å². The quantitative estimate of drug-likeness (QED) is 0.466. The zero-order valence-electron chi connectivity index (χ0n) is 15.5. The summed E-state index contributed by atoms with van der Waals surface area (Å²) in [6.07, 6.45) is 10.3. The zero-order valence-corrected chi connectivity index (χ0v) is 15.5. The summed E-state index contributed by atoms with van der Waals surface area (Å²) in [6.45, 7) is 12.9. The summed E-state index contributed by atoms with van der Waals surface area (Å²) < 4.78 is 6.02. The minimum absolute atomic E-state index is 0.254. The van der Waals surface area contributed by atoms with Crippen molar-refractivity contribution in [2.45, 2.75) is 92.0 Å². The predicted molar refractivity (Wildman–Crippen MR) is 94.7 cm³/mol. The van der Waals surface area contributed by atoms with Crippen LogP contribution in [-0.4, -0.2) is 17.0 Å². The Hall–Kier alpha value is -0.600. The summed E-state index contributed by atoms with van der Waals surface area (Å²) in [4.78, 5) is 0. The summed E-state index contributed by atoms with van der Waals surface area (Å²) in [5.74, 6) is 0.988. The van der Waals surface area contributed by atoms with Gasteiger partial charge in [0.05, 0.1) is 5.60 Å². The van der Waals surface area contributed by atoms with E-state index >= 15 is 0 Å². The van der Waals surface area contributed by atoms with Crippen LogP contribution in [0.2, 0.25) is 0 Å². The Morgan fingerprint density at radius 2 is 2.14 bits per heavy atom. The second-order valence-electron chi connectivity index (χ2n) is 7.90. The van der Waals surface area contributed by atoms with E-state index in [9.17, 15) is 5.11 Å². The van der Waals surface area contributed by atoms with Crippen LogP contribution in [0.25, 0.3) is 0 Å². The number of hydrogen-bond donors (Lipinski definition) is 1. The lowest BCUT2D eigenvalue weighted by atomic mass is 9.79. The molecular weight excluding hydrogens is 272 g/mol. The smallest absolute Gasteiger partial charge is 0.155 e. The monoisotopic (exact) mass is 308 g/mol. The van der Waals surface area contributed by atoms with Gasteiger partial charge >= 0.3 is 0 Å². The summed E-state index contributed by atoms with van der Waals surface area (Å²) in [5.41, 5.74) is 2.60. The average molecular weight is 309 g/mol. The zero-order chi connectivity index (χ0) is 16.8. The van der Waals surface area contributed by atoms with Crippen molar-refractivity contribution in [3.63, 3.8) is 0 Å². The number of aliphatic hydroxyl groups excluding tert-OH is 1. The summed E-state index contributed by atoms with van der Waals surface area (Å²) in [6, 6.07) is 0. The number of allylic oxidation sites excluding steroid dienone is 4. The highest BCUT2D eigenvalue weighted by atomic mass is 16.6. The lowest BCUT2D eigenvalue weighted by Crippen LogP contribution is -2.39. The molecule has 0 aromatic carbocycles. The molecule has 1 aliphatic carbocycles. The van der Waals surface area contributed by atoms with Gasteiger partial charge in [-0.1, -0.05) is 30.2 Å². The van der Waals surface area contributed by atoms with Gasteiger partial charge in [-0.3, -0.25) is 0 Å². The van der Waals surface area contributed by atoms with Crippen LogP contribution in [0, 0.1) is 11.8 Å². The molecule has 0 bridgehead atoms. The van der Waals surface area contributed by atoms with Crippen molar-refractivity contribution in [3.05, 3.63) is 23.3 Å². The molecule has 0 aliphatic heterocycles. The van der Waals surface area contributed by atoms with Gasteiger partial charge in [0.1, 0.15) is 0 Å². The Balaban J connectivity index is 2.39. The first kappa shape index (κ1) is 19.4. The highest BCUT2D eigenvalue weighted by Crippen LogP contribution is 2.35. The number of rotatable bonds is 8. The minimum Gasteiger partial charge on any atom is -0.368 e. The van der Waals surface area contributed by atoms with Crippen LogP contribution in [0.3, 0.4) is 0 Å². The van der Waals surface area contributed by atoms with Crippen molar-refractivity contribution < 1.29 is 9.84 Å². The Bertz CT molecular complexity index is 389. The molecule has 0 aromatic rings. The molecule has 0 saturated heterocycles. The van der Waals surface area contributed by atoms with Crippen molar-refractivity contribution in [1.29, 1.82) is 0 Å². The Morgan fingerprint density at radius 1 is 1.45 bits per heavy atom. The van der Waals surface area contributed by atoms with E-state index in [-0.39, 0.29) is 5.60 Å². The van der Waals surface area contributed by atoms with Crippen molar-refractivity contribution in [2.24, 2.45) is 11.8 Å². The van der Waals surface area contributed by atoms with Crippen molar-refractivity contribution in [1.82, 2.24) is 0 Å². The molecule has 0 radical (unpaired) electrons. The SMILES string of the molecule is CC(C)=CCCC(C)C[C@@H](O)OC(C)(C)[C@@H]1CC=C(C)CC1. The molecule has 1 unspecified atom stereocenters. The molecule has 3 atom stereocenters. The van der Waals surface area contributed by atoms with E-state index in [4.69, 9.17) is 4.74 Å². The van der Waals surface area contributed by atoms with Crippen molar-refractivity contribution in [2.75, 3.05) is 0 Å². The lowest BCUT2D eigenvalue weighted by molar-refractivity contribution is -0.199. The van der Waals surface area contributed by atoms with Crippen LogP contribution in [0.15, 0.2) is 23.3 Å². The van der Waals surface area contributed by atoms with Gasteiger partial charge < -0.3 is 9.84 Å². The average Bonchev–Trinajstić information content (AvgIpc) is 2.37. The fourth-order valence-electron chi connectivity index (χ4n) is 3.21. The van der Waals surface area contributed by atoms with Gasteiger partial charge in [0.2, 0.25) is 0 Å². The molecule has 1 N–H and O–H groups in total. The maximum atomic E-state index is 10.3. The molecule has 0 saturated carbocycles. The number of aliphatic hydroxyl groups is 1. The van der Waals surface area contributed by atoms with Crippen LogP contribution >= 0.6 is 0 Å². The summed E-state index contributed by atoms with van der Waals surface area (Å²) >= 11 is 0. The fraction of sp³-hybridized carbons (Fsp3) is 0.800. The third-order valence-corrected chi connectivity index (χ3v) is 4.88. The molecule has 0 aromatic heterocycles. The first-order chi connectivity index (χ1) is 10.2. The van der Waals surface area contributed by atoms with E-state index in [0.29, 0.717) is 11.8 Å². The normalized spacial score (nSPS) is 22.0.